The molecule has 0 unspecified atom stereocenters. The zero-order valence-electron chi connectivity index (χ0n) is 19.8. The van der Waals surface area contributed by atoms with Gasteiger partial charge in [0.05, 0.1) is 23.6 Å². The number of fused-ring (bicyclic) bond motifs is 1. The van der Waals surface area contributed by atoms with Gasteiger partial charge in [0.15, 0.2) is 0 Å². The number of ether oxygens (including phenoxy) is 1. The quantitative estimate of drug-likeness (QED) is 0.234. The Hall–Kier alpha value is -3.85. The molecule has 0 bridgehead atoms. The van der Waals surface area contributed by atoms with Crippen LogP contribution in [-0.4, -0.2) is 16.2 Å². The fraction of sp³-hybridized carbons (Fsp3) is 0.194. The fourth-order valence-electron chi connectivity index (χ4n) is 4.76. The second-order valence-electron chi connectivity index (χ2n) is 8.89. The summed E-state index contributed by atoms with van der Waals surface area (Å²) in [5, 5.41) is 0. The van der Waals surface area contributed by atoms with Gasteiger partial charge in [-0.3, -0.25) is 0 Å². The molecule has 170 valence electrons. The van der Waals surface area contributed by atoms with Crippen molar-refractivity contribution in [3.8, 4) is 5.75 Å². The normalized spacial score (nSPS) is 11.3. The van der Waals surface area contributed by atoms with Crippen LogP contribution in [0.2, 0.25) is 0 Å². The van der Waals surface area contributed by atoms with Crippen molar-refractivity contribution in [2.75, 3.05) is 6.61 Å². The molecule has 0 amide bonds. The van der Waals surface area contributed by atoms with Gasteiger partial charge in [0.25, 0.3) is 0 Å². The summed E-state index contributed by atoms with van der Waals surface area (Å²) in [5.74, 6) is 2.08. The molecule has 0 saturated carbocycles. The van der Waals surface area contributed by atoms with Crippen LogP contribution in [0.25, 0.3) is 11.0 Å². The number of hydrogen-bond donors (Lipinski definition) is 0. The maximum atomic E-state index is 6.11. The predicted octanol–water partition coefficient (Wildman–Crippen LogP) is 7.30. The summed E-state index contributed by atoms with van der Waals surface area (Å²) >= 11 is 0. The van der Waals surface area contributed by atoms with Crippen molar-refractivity contribution >= 4 is 11.0 Å². The lowest BCUT2D eigenvalue weighted by Crippen LogP contribution is -2.13. The summed E-state index contributed by atoms with van der Waals surface area (Å²) in [7, 11) is 0. The number of imidazole rings is 1. The second kappa shape index (κ2) is 9.96. The van der Waals surface area contributed by atoms with Crippen molar-refractivity contribution < 1.29 is 4.74 Å². The zero-order valence-corrected chi connectivity index (χ0v) is 19.8. The molecule has 3 heteroatoms. The number of para-hydroxylation sites is 2. The maximum absolute atomic E-state index is 6.11. The molecule has 4 aromatic carbocycles. The van der Waals surface area contributed by atoms with Crippen molar-refractivity contribution in [1.82, 2.24) is 9.55 Å². The van der Waals surface area contributed by atoms with E-state index in [0.717, 1.165) is 30.1 Å². The summed E-state index contributed by atoms with van der Waals surface area (Å²) in [5.41, 5.74) is 7.15. The molecule has 0 aliphatic carbocycles. The number of nitrogens with zero attached hydrogens (tertiary/aromatic N) is 2. The van der Waals surface area contributed by atoms with Crippen molar-refractivity contribution in [3.05, 3.63) is 131 Å². The van der Waals surface area contributed by atoms with Gasteiger partial charge in [0, 0.05) is 6.54 Å². The Kier molecular flexibility index (Phi) is 6.44. The lowest BCUT2D eigenvalue weighted by molar-refractivity contribution is 0.301. The molecule has 34 heavy (non-hydrogen) atoms. The fourth-order valence-corrected chi connectivity index (χ4v) is 4.76. The molecule has 3 nitrogen and oxygen atoms in total. The Bertz CT molecular complexity index is 1310. The Morgan fingerprint density at radius 1 is 0.735 bits per heavy atom. The molecule has 5 rings (SSSR count). The van der Waals surface area contributed by atoms with E-state index >= 15 is 0 Å². The molecule has 0 N–H and O–H groups in total. The van der Waals surface area contributed by atoms with Gasteiger partial charge >= 0.3 is 0 Å². The number of aromatic nitrogens is 2. The Morgan fingerprint density at radius 3 is 1.97 bits per heavy atom. The van der Waals surface area contributed by atoms with Crippen LogP contribution in [0.5, 0.6) is 5.75 Å². The third-order valence-corrected chi connectivity index (χ3v) is 6.20. The van der Waals surface area contributed by atoms with E-state index in [0.29, 0.717) is 6.61 Å². The van der Waals surface area contributed by atoms with Crippen LogP contribution in [0.15, 0.2) is 103 Å². The van der Waals surface area contributed by atoms with E-state index in [4.69, 9.17) is 9.72 Å². The van der Waals surface area contributed by atoms with E-state index in [2.05, 4.69) is 122 Å². The zero-order chi connectivity index (χ0) is 23.3. The molecule has 0 saturated heterocycles. The summed E-state index contributed by atoms with van der Waals surface area (Å²) in [4.78, 5) is 5.15. The van der Waals surface area contributed by atoms with E-state index in [9.17, 15) is 0 Å². The van der Waals surface area contributed by atoms with Crippen LogP contribution < -0.4 is 4.74 Å². The van der Waals surface area contributed by atoms with Gasteiger partial charge in [-0.25, -0.2) is 4.98 Å². The van der Waals surface area contributed by atoms with Gasteiger partial charge < -0.3 is 9.30 Å². The number of aryl methyl sites for hydroxylation is 3. The summed E-state index contributed by atoms with van der Waals surface area (Å²) in [6.07, 6.45) is 0.899. The van der Waals surface area contributed by atoms with E-state index in [1.54, 1.807) is 0 Å². The van der Waals surface area contributed by atoms with Gasteiger partial charge in [-0.15, -0.1) is 0 Å². The highest BCUT2D eigenvalue weighted by Crippen LogP contribution is 2.33. The third-order valence-electron chi connectivity index (χ3n) is 6.20. The molecule has 0 atom stereocenters. The minimum absolute atomic E-state index is 0.0649. The summed E-state index contributed by atoms with van der Waals surface area (Å²) in [6, 6.07) is 36.2. The molecule has 1 aromatic heterocycles. The average Bonchev–Trinajstić information content (AvgIpc) is 3.21. The monoisotopic (exact) mass is 446 g/mol. The third kappa shape index (κ3) is 4.74. The van der Waals surface area contributed by atoms with E-state index < -0.39 is 0 Å². The van der Waals surface area contributed by atoms with Crippen LogP contribution in [0.3, 0.4) is 0 Å². The molecular weight excluding hydrogens is 416 g/mol. The van der Waals surface area contributed by atoms with E-state index in [1.165, 1.54) is 27.8 Å². The first-order chi connectivity index (χ1) is 16.7. The lowest BCUT2D eigenvalue weighted by Gasteiger charge is -2.20. The number of rotatable bonds is 8. The number of benzene rings is 4. The minimum atomic E-state index is 0.0649. The van der Waals surface area contributed by atoms with Crippen LogP contribution >= 0.6 is 0 Å². The summed E-state index contributed by atoms with van der Waals surface area (Å²) < 4.78 is 8.49. The van der Waals surface area contributed by atoms with Crippen molar-refractivity contribution in [3.63, 3.8) is 0 Å². The molecule has 1 heterocycles. The first kappa shape index (κ1) is 22.0. The Balaban J connectivity index is 1.47. The van der Waals surface area contributed by atoms with E-state index in [-0.39, 0.29) is 5.92 Å². The van der Waals surface area contributed by atoms with Crippen molar-refractivity contribution in [2.45, 2.75) is 32.7 Å². The number of hydrogen-bond acceptors (Lipinski definition) is 2. The molecule has 0 spiro atoms. The molecular formula is C31H30N2O. The molecule has 0 aliphatic rings. The second-order valence-corrected chi connectivity index (χ2v) is 8.89. The highest BCUT2D eigenvalue weighted by atomic mass is 16.5. The lowest BCUT2D eigenvalue weighted by atomic mass is 9.90. The van der Waals surface area contributed by atoms with Crippen LogP contribution in [-0.2, 0) is 6.54 Å². The van der Waals surface area contributed by atoms with Crippen molar-refractivity contribution in [2.24, 2.45) is 0 Å². The molecule has 0 radical (unpaired) electrons. The molecule has 0 fully saturated rings. The highest BCUT2D eigenvalue weighted by Gasteiger charge is 2.23. The molecule has 5 aromatic rings. The minimum Gasteiger partial charge on any atom is -0.494 e. The first-order valence-electron chi connectivity index (χ1n) is 12.0. The standard InChI is InChI=1S/C31H30N2O/c1-23-20-24(2)22-27(21-23)34-19-11-18-33-29-17-10-9-16-28(29)32-31(33)30(25-12-5-3-6-13-25)26-14-7-4-8-15-26/h3-10,12-17,20-22,30H,11,18-19H2,1-2H3. The van der Waals surface area contributed by atoms with Gasteiger partial charge in [0.2, 0.25) is 0 Å². The van der Waals surface area contributed by atoms with Gasteiger partial charge in [0.1, 0.15) is 11.6 Å². The van der Waals surface area contributed by atoms with Gasteiger partial charge in [-0.1, -0.05) is 78.9 Å². The first-order valence-corrected chi connectivity index (χ1v) is 12.0. The van der Waals surface area contributed by atoms with Crippen LogP contribution in [0, 0.1) is 13.8 Å². The smallest absolute Gasteiger partial charge is 0.121 e. The molecule has 0 aliphatic heterocycles. The van der Waals surface area contributed by atoms with Crippen molar-refractivity contribution in [1.29, 1.82) is 0 Å². The van der Waals surface area contributed by atoms with E-state index in [1.807, 2.05) is 0 Å². The van der Waals surface area contributed by atoms with Gasteiger partial charge in [-0.05, 0) is 66.8 Å². The SMILES string of the molecule is Cc1cc(C)cc(OCCCn2c(C(c3ccccc3)c3ccccc3)nc3ccccc32)c1. The van der Waals surface area contributed by atoms with Gasteiger partial charge in [-0.2, -0.15) is 0 Å². The largest absolute Gasteiger partial charge is 0.494 e. The maximum Gasteiger partial charge on any atom is 0.121 e. The highest BCUT2D eigenvalue weighted by molar-refractivity contribution is 5.76. The average molecular weight is 447 g/mol. The summed E-state index contributed by atoms with van der Waals surface area (Å²) in [6.45, 7) is 5.72. The van der Waals surface area contributed by atoms with Crippen LogP contribution in [0.4, 0.5) is 0 Å². The Morgan fingerprint density at radius 2 is 1.32 bits per heavy atom. The van der Waals surface area contributed by atoms with Crippen LogP contribution in [0.1, 0.15) is 40.4 Å². The topological polar surface area (TPSA) is 27.1 Å². The Labute approximate surface area is 201 Å². The predicted molar refractivity (Wildman–Crippen MR) is 140 cm³/mol.